The Labute approximate surface area is 204 Å². The summed E-state index contributed by atoms with van der Waals surface area (Å²) in [6.45, 7) is 1.12. The number of aromatic amines is 1. The summed E-state index contributed by atoms with van der Waals surface area (Å²) in [5, 5.41) is 8.29. The molecule has 2 unspecified atom stereocenters. The van der Waals surface area contributed by atoms with Gasteiger partial charge in [-0.05, 0) is 54.4 Å². The molecule has 2 aromatic carbocycles. The summed E-state index contributed by atoms with van der Waals surface area (Å²) in [4.78, 5) is 6.05. The van der Waals surface area contributed by atoms with E-state index in [2.05, 4.69) is 15.2 Å². The zero-order chi connectivity index (χ0) is 24.6. The molecule has 0 bridgehead atoms. The van der Waals surface area contributed by atoms with Gasteiger partial charge >= 0.3 is 6.18 Å². The van der Waals surface area contributed by atoms with E-state index in [1.807, 2.05) is 35.2 Å². The average Bonchev–Trinajstić information content (AvgIpc) is 3.34. The number of pyridine rings is 1. The third-order valence-corrected chi connectivity index (χ3v) is 6.70. The lowest BCUT2D eigenvalue weighted by Gasteiger charge is -2.39. The Morgan fingerprint density at radius 1 is 0.943 bits per heavy atom. The van der Waals surface area contributed by atoms with Gasteiger partial charge in [-0.1, -0.05) is 35.9 Å². The standard InChI is InChI=1S/C26H21ClF4N4/c27-19-6-1-17(2-7-19)23-13-24(34-33-23)21-11-12-35(15-22(21)16-3-8-20(28)9-4-16)25-10-5-18(14-32-25)26(29,30)31/h1-10,13-14,21-22H,11-12,15H2,(H,33,34). The number of rotatable bonds is 4. The zero-order valence-corrected chi connectivity index (χ0v) is 19.2. The highest BCUT2D eigenvalue weighted by molar-refractivity contribution is 6.30. The van der Waals surface area contributed by atoms with Gasteiger partial charge in [0.05, 0.1) is 11.3 Å². The summed E-state index contributed by atoms with van der Waals surface area (Å²) >= 11 is 6.00. The third kappa shape index (κ3) is 5.03. The number of alkyl halides is 3. The van der Waals surface area contributed by atoms with Crippen LogP contribution < -0.4 is 4.90 Å². The summed E-state index contributed by atoms with van der Waals surface area (Å²) in [5.41, 5.74) is 2.83. The molecule has 4 aromatic rings. The molecule has 2 aromatic heterocycles. The molecule has 1 saturated heterocycles. The van der Waals surface area contributed by atoms with E-state index in [1.165, 1.54) is 18.2 Å². The molecule has 0 amide bonds. The van der Waals surface area contributed by atoms with Gasteiger partial charge in [-0.3, -0.25) is 5.10 Å². The normalized spacial score (nSPS) is 18.6. The Balaban J connectivity index is 1.43. The molecule has 1 N–H and O–H groups in total. The van der Waals surface area contributed by atoms with Crippen LogP contribution in [-0.4, -0.2) is 28.3 Å². The van der Waals surface area contributed by atoms with Gasteiger partial charge in [0, 0.05) is 47.4 Å². The Morgan fingerprint density at radius 2 is 1.69 bits per heavy atom. The van der Waals surface area contributed by atoms with Gasteiger partial charge in [0.2, 0.25) is 0 Å². The van der Waals surface area contributed by atoms with Crippen molar-refractivity contribution in [1.82, 2.24) is 15.2 Å². The summed E-state index contributed by atoms with van der Waals surface area (Å²) in [6.07, 6.45) is -2.85. The molecule has 1 aliphatic heterocycles. The SMILES string of the molecule is Fc1ccc(C2CN(c3ccc(C(F)(F)F)cn3)CCC2c2cc(-c3ccc(Cl)cc3)n[nH]2)cc1. The van der Waals surface area contributed by atoms with E-state index in [-0.39, 0.29) is 17.7 Å². The number of H-pyrrole nitrogens is 1. The second-order valence-corrected chi connectivity index (χ2v) is 9.05. The van der Waals surface area contributed by atoms with Gasteiger partial charge in [0.15, 0.2) is 0 Å². The number of halogens is 5. The van der Waals surface area contributed by atoms with Crippen molar-refractivity contribution in [2.75, 3.05) is 18.0 Å². The average molecular weight is 501 g/mol. The van der Waals surface area contributed by atoms with Gasteiger partial charge in [-0.25, -0.2) is 9.37 Å². The number of nitrogens with zero attached hydrogens (tertiary/aromatic N) is 3. The van der Waals surface area contributed by atoms with Crippen LogP contribution in [0.1, 0.15) is 35.1 Å². The van der Waals surface area contributed by atoms with Crippen molar-refractivity contribution in [3.05, 3.63) is 101 Å². The van der Waals surface area contributed by atoms with Crippen LogP contribution in [0.15, 0.2) is 72.9 Å². The van der Waals surface area contributed by atoms with Crippen molar-refractivity contribution in [2.45, 2.75) is 24.4 Å². The summed E-state index contributed by atoms with van der Waals surface area (Å²) in [5.74, 6) is 0.163. The Bertz CT molecular complexity index is 1280. The first-order valence-corrected chi connectivity index (χ1v) is 11.5. The lowest BCUT2D eigenvalue weighted by Crippen LogP contribution is -2.39. The van der Waals surface area contributed by atoms with Gasteiger partial charge < -0.3 is 4.90 Å². The lowest BCUT2D eigenvalue weighted by molar-refractivity contribution is -0.137. The topological polar surface area (TPSA) is 44.8 Å². The van der Waals surface area contributed by atoms with Crippen LogP contribution in [0.25, 0.3) is 11.3 Å². The van der Waals surface area contributed by atoms with E-state index in [4.69, 9.17) is 11.6 Å². The molecular formula is C26H21ClF4N4. The van der Waals surface area contributed by atoms with Crippen LogP contribution in [0.4, 0.5) is 23.4 Å². The molecule has 0 saturated carbocycles. The van der Waals surface area contributed by atoms with Gasteiger partial charge in [0.1, 0.15) is 11.6 Å². The second-order valence-electron chi connectivity index (χ2n) is 8.62. The highest BCUT2D eigenvalue weighted by Gasteiger charge is 2.34. The molecule has 4 nitrogen and oxygen atoms in total. The summed E-state index contributed by atoms with van der Waals surface area (Å²) < 4.78 is 52.5. The lowest BCUT2D eigenvalue weighted by atomic mass is 9.78. The summed E-state index contributed by atoms with van der Waals surface area (Å²) in [7, 11) is 0. The first-order valence-electron chi connectivity index (χ1n) is 11.1. The maximum atomic E-state index is 13.6. The number of anilines is 1. The molecule has 35 heavy (non-hydrogen) atoms. The first-order chi connectivity index (χ1) is 16.8. The minimum atomic E-state index is -4.43. The van der Waals surface area contributed by atoms with E-state index in [1.54, 1.807) is 12.1 Å². The summed E-state index contributed by atoms with van der Waals surface area (Å²) in [6, 6.07) is 18.2. The van der Waals surface area contributed by atoms with Crippen LogP contribution in [0.3, 0.4) is 0 Å². The molecule has 1 fully saturated rings. The molecule has 9 heteroatoms. The van der Waals surface area contributed by atoms with E-state index in [9.17, 15) is 17.6 Å². The first kappa shape index (κ1) is 23.4. The zero-order valence-electron chi connectivity index (χ0n) is 18.4. The number of hydrogen-bond donors (Lipinski definition) is 1. The monoisotopic (exact) mass is 500 g/mol. The number of nitrogens with one attached hydrogen (secondary N) is 1. The number of hydrogen-bond acceptors (Lipinski definition) is 3. The number of aromatic nitrogens is 3. The molecule has 0 radical (unpaired) electrons. The minimum absolute atomic E-state index is 0.0491. The third-order valence-electron chi connectivity index (χ3n) is 6.45. The van der Waals surface area contributed by atoms with E-state index in [0.29, 0.717) is 30.4 Å². The van der Waals surface area contributed by atoms with E-state index < -0.39 is 11.7 Å². The molecule has 3 heterocycles. The van der Waals surface area contributed by atoms with Crippen LogP contribution in [0.2, 0.25) is 5.02 Å². The maximum Gasteiger partial charge on any atom is 0.417 e. The molecule has 5 rings (SSSR count). The molecule has 1 aliphatic rings. The van der Waals surface area contributed by atoms with Crippen molar-refractivity contribution in [1.29, 1.82) is 0 Å². The smallest absolute Gasteiger partial charge is 0.356 e. The fourth-order valence-electron chi connectivity index (χ4n) is 4.62. The predicted octanol–water partition coefficient (Wildman–Crippen LogP) is 7.06. The van der Waals surface area contributed by atoms with Gasteiger partial charge in [0.25, 0.3) is 0 Å². The molecule has 0 spiro atoms. The fraction of sp³-hybridized carbons (Fsp3) is 0.231. The van der Waals surface area contributed by atoms with Crippen molar-refractivity contribution < 1.29 is 17.6 Å². The largest absolute Gasteiger partial charge is 0.417 e. The molecule has 0 aliphatic carbocycles. The number of piperidine rings is 1. The number of benzene rings is 2. The van der Waals surface area contributed by atoms with E-state index >= 15 is 0 Å². The molecule has 2 atom stereocenters. The van der Waals surface area contributed by atoms with Gasteiger partial charge in [-0.2, -0.15) is 18.3 Å². The quantitative estimate of drug-likeness (QED) is 0.305. The van der Waals surface area contributed by atoms with Crippen molar-refractivity contribution >= 4 is 17.4 Å². The fourth-order valence-corrected chi connectivity index (χ4v) is 4.74. The Kier molecular flexibility index (Phi) is 6.23. The molecule has 180 valence electrons. The minimum Gasteiger partial charge on any atom is -0.356 e. The van der Waals surface area contributed by atoms with Crippen LogP contribution in [0.5, 0.6) is 0 Å². The van der Waals surface area contributed by atoms with Crippen LogP contribution in [0, 0.1) is 5.82 Å². The van der Waals surface area contributed by atoms with Crippen molar-refractivity contribution in [2.24, 2.45) is 0 Å². The Morgan fingerprint density at radius 3 is 2.34 bits per heavy atom. The Hall–Kier alpha value is -3.39. The van der Waals surface area contributed by atoms with Crippen LogP contribution in [-0.2, 0) is 6.18 Å². The van der Waals surface area contributed by atoms with Crippen LogP contribution >= 0.6 is 11.6 Å². The second kappa shape index (κ2) is 9.34. The highest BCUT2D eigenvalue weighted by Crippen LogP contribution is 2.41. The van der Waals surface area contributed by atoms with Crippen molar-refractivity contribution in [3.8, 4) is 11.3 Å². The maximum absolute atomic E-state index is 13.6. The molecular weight excluding hydrogens is 480 g/mol. The van der Waals surface area contributed by atoms with Gasteiger partial charge in [-0.15, -0.1) is 0 Å². The van der Waals surface area contributed by atoms with Crippen molar-refractivity contribution in [3.63, 3.8) is 0 Å². The van der Waals surface area contributed by atoms with E-state index in [0.717, 1.165) is 34.8 Å². The predicted molar refractivity (Wildman–Crippen MR) is 127 cm³/mol. The highest BCUT2D eigenvalue weighted by atomic mass is 35.5.